The molecule has 7 nitrogen and oxygen atoms in total. The third kappa shape index (κ3) is 4.74. The predicted molar refractivity (Wildman–Crippen MR) is 116 cm³/mol. The van der Waals surface area contributed by atoms with Crippen molar-refractivity contribution in [2.24, 2.45) is 4.74 Å². The topological polar surface area (TPSA) is 43.8 Å². The molecule has 3 aliphatic heterocycles. The monoisotopic (exact) mass is 417 g/mol. The van der Waals surface area contributed by atoms with Crippen LogP contribution in [-0.2, 0) is 9.47 Å². The second-order valence-corrected chi connectivity index (χ2v) is 12.7. The highest BCUT2D eigenvalue weighted by Gasteiger charge is 2.46. The zero-order chi connectivity index (χ0) is 19.5. The van der Waals surface area contributed by atoms with Gasteiger partial charge in [-0.3, -0.25) is 9.34 Å². The van der Waals surface area contributed by atoms with Crippen LogP contribution in [0.1, 0.15) is 20.8 Å². The first-order chi connectivity index (χ1) is 12.8. The van der Waals surface area contributed by atoms with E-state index in [0.29, 0.717) is 0 Å². The van der Waals surface area contributed by atoms with Crippen LogP contribution in [-0.4, -0.2) is 115 Å². The van der Waals surface area contributed by atoms with Gasteiger partial charge in [0.15, 0.2) is 5.11 Å². The molecule has 0 unspecified atom stereocenters. The van der Waals surface area contributed by atoms with E-state index in [1.165, 1.54) is 0 Å². The van der Waals surface area contributed by atoms with Crippen LogP contribution in [0.3, 0.4) is 0 Å². The molecule has 0 aliphatic carbocycles. The van der Waals surface area contributed by atoms with E-state index in [9.17, 15) is 0 Å². The number of nitrogens with zero attached hydrogens (tertiary/aromatic N) is 5. The Morgan fingerprint density at radius 2 is 1.26 bits per heavy atom. The number of hydrogen-bond acceptors (Lipinski definition) is 4. The summed E-state index contributed by atoms with van der Waals surface area (Å²) in [6, 6.07) is 0. The fourth-order valence-corrected chi connectivity index (χ4v) is 9.09. The van der Waals surface area contributed by atoms with Gasteiger partial charge >= 0.3 is 0 Å². The first-order valence-electron chi connectivity index (χ1n) is 10.1. The molecule has 0 saturated carbocycles. The molecule has 0 aromatic carbocycles. The molecule has 0 N–H and O–H groups in total. The quantitative estimate of drug-likeness (QED) is 0.503. The van der Waals surface area contributed by atoms with Gasteiger partial charge in [0, 0.05) is 57.5 Å². The van der Waals surface area contributed by atoms with Gasteiger partial charge in [-0.2, -0.15) is 0 Å². The van der Waals surface area contributed by atoms with Crippen molar-refractivity contribution in [2.45, 2.75) is 25.9 Å². The number of piperazine rings is 1. The van der Waals surface area contributed by atoms with Crippen LogP contribution < -0.4 is 0 Å². The molecule has 0 amide bonds. The lowest BCUT2D eigenvalue weighted by Gasteiger charge is -2.53. The number of ether oxygens (including phenoxy) is 2. The normalized spacial score (nSPS) is 24.8. The number of morpholine rings is 2. The van der Waals surface area contributed by atoms with E-state index < -0.39 is 7.36 Å². The molecule has 0 atom stereocenters. The maximum absolute atomic E-state index is 5.92. The Hall–Kier alpha value is -0.0800. The van der Waals surface area contributed by atoms with E-state index in [1.807, 2.05) is 0 Å². The molecule has 3 rings (SSSR count). The number of thiocarbonyl (C=S) groups is 1. The van der Waals surface area contributed by atoms with Gasteiger partial charge in [0.05, 0.1) is 26.4 Å². The Morgan fingerprint density at radius 3 is 1.67 bits per heavy atom. The highest BCUT2D eigenvalue weighted by Crippen LogP contribution is 2.66. The van der Waals surface area contributed by atoms with Crippen LogP contribution in [0, 0.1) is 0 Å². The molecule has 9 heteroatoms. The predicted octanol–water partition coefficient (Wildman–Crippen LogP) is 2.01. The summed E-state index contributed by atoms with van der Waals surface area (Å²) >= 11 is 5.92. The lowest BCUT2D eigenvalue weighted by Crippen LogP contribution is -2.50. The van der Waals surface area contributed by atoms with E-state index in [1.54, 1.807) is 0 Å². The molecule has 0 spiro atoms. The standard InChI is InChI=1S/C18H36N5O2PS/c1-18(2,3)26(22-9-13-24-14-10-22,23-11-15-25-16-12-23)19-17(27)21-7-5-20(4)6-8-21/h5-16H2,1-4H3. The van der Waals surface area contributed by atoms with E-state index >= 15 is 0 Å². The van der Waals surface area contributed by atoms with Crippen molar-refractivity contribution in [2.75, 3.05) is 85.8 Å². The minimum Gasteiger partial charge on any atom is -0.379 e. The zero-order valence-corrected chi connectivity index (χ0v) is 19.1. The van der Waals surface area contributed by atoms with Crippen LogP contribution >= 0.6 is 19.6 Å². The summed E-state index contributed by atoms with van der Waals surface area (Å²) in [5.41, 5.74) is 0. The minimum absolute atomic E-state index is 0.0122. The number of rotatable bonds is 2. The van der Waals surface area contributed by atoms with Gasteiger partial charge in [-0.25, -0.2) is 4.74 Å². The highest BCUT2D eigenvalue weighted by atomic mass is 32.1. The van der Waals surface area contributed by atoms with E-state index in [-0.39, 0.29) is 5.16 Å². The summed E-state index contributed by atoms with van der Waals surface area (Å²) in [4.78, 5) is 4.66. The van der Waals surface area contributed by atoms with Crippen molar-refractivity contribution < 1.29 is 9.47 Å². The van der Waals surface area contributed by atoms with Crippen LogP contribution in [0.4, 0.5) is 0 Å². The van der Waals surface area contributed by atoms with Gasteiger partial charge in [0.2, 0.25) is 0 Å². The van der Waals surface area contributed by atoms with Crippen LogP contribution in [0.25, 0.3) is 0 Å². The highest BCUT2D eigenvalue weighted by molar-refractivity contribution is 7.81. The van der Waals surface area contributed by atoms with Crippen molar-refractivity contribution in [3.63, 3.8) is 0 Å². The fourth-order valence-electron chi connectivity index (χ4n) is 4.15. The number of hydrogen-bond donors (Lipinski definition) is 0. The van der Waals surface area contributed by atoms with Gasteiger partial charge in [-0.05, 0) is 19.3 Å². The maximum Gasteiger partial charge on any atom is 0.196 e. The van der Waals surface area contributed by atoms with Crippen molar-refractivity contribution in [1.82, 2.24) is 19.1 Å². The molecule has 156 valence electrons. The van der Waals surface area contributed by atoms with Gasteiger partial charge in [0.25, 0.3) is 0 Å². The van der Waals surface area contributed by atoms with Crippen LogP contribution in [0.5, 0.6) is 0 Å². The molecule has 3 saturated heterocycles. The van der Waals surface area contributed by atoms with Crippen LogP contribution in [0.2, 0.25) is 0 Å². The Morgan fingerprint density at radius 1 is 0.815 bits per heavy atom. The summed E-state index contributed by atoms with van der Waals surface area (Å²) < 4.78 is 22.0. The maximum atomic E-state index is 5.92. The van der Waals surface area contributed by atoms with Crippen molar-refractivity contribution >= 4 is 24.7 Å². The molecule has 3 aliphatic rings. The molecule has 27 heavy (non-hydrogen) atoms. The van der Waals surface area contributed by atoms with Gasteiger partial charge in [-0.1, -0.05) is 20.8 Å². The molecule has 0 aromatic rings. The molecule has 0 radical (unpaired) electrons. The minimum atomic E-state index is -2.03. The van der Waals surface area contributed by atoms with Gasteiger partial charge in [0.1, 0.15) is 7.36 Å². The van der Waals surface area contributed by atoms with Crippen molar-refractivity contribution in [3.05, 3.63) is 0 Å². The lowest BCUT2D eigenvalue weighted by atomic mass is 10.3. The third-order valence-electron chi connectivity index (χ3n) is 5.66. The molecular weight excluding hydrogens is 381 g/mol. The average Bonchev–Trinajstić information content (AvgIpc) is 2.67. The second-order valence-electron chi connectivity index (χ2n) is 8.54. The summed E-state index contributed by atoms with van der Waals surface area (Å²) in [5, 5.41) is 0.808. The first kappa shape index (κ1) is 21.6. The fraction of sp³-hybridized carbons (Fsp3) is 0.944. The summed E-state index contributed by atoms with van der Waals surface area (Å²) in [7, 11) is 0.138. The lowest BCUT2D eigenvalue weighted by molar-refractivity contribution is 0.0550. The molecule has 0 bridgehead atoms. The summed E-state index contributed by atoms with van der Waals surface area (Å²) in [6.45, 7) is 17.9. The Bertz CT molecular complexity index is 541. The summed E-state index contributed by atoms with van der Waals surface area (Å²) in [6.07, 6.45) is 0. The SMILES string of the molecule is CN1CCN(C(=S)N=P(N2CCOCC2)(N2CCOCC2)C(C)(C)C)CC1. The Kier molecular flexibility index (Phi) is 7.34. The third-order valence-corrected chi connectivity index (χ3v) is 10.8. The molecule has 0 aromatic heterocycles. The summed E-state index contributed by atoms with van der Waals surface area (Å²) in [5.74, 6) is 0. The van der Waals surface area contributed by atoms with E-state index in [0.717, 1.165) is 83.9 Å². The largest absolute Gasteiger partial charge is 0.379 e. The molecule has 3 heterocycles. The Labute approximate surface area is 170 Å². The van der Waals surface area contributed by atoms with E-state index in [4.69, 9.17) is 26.4 Å². The van der Waals surface area contributed by atoms with Crippen molar-refractivity contribution in [1.29, 1.82) is 0 Å². The van der Waals surface area contributed by atoms with E-state index in [2.05, 4.69) is 47.0 Å². The smallest absolute Gasteiger partial charge is 0.196 e. The van der Waals surface area contributed by atoms with Crippen molar-refractivity contribution in [3.8, 4) is 0 Å². The zero-order valence-electron chi connectivity index (χ0n) is 17.4. The first-order valence-corrected chi connectivity index (χ1v) is 12.2. The van der Waals surface area contributed by atoms with Crippen LogP contribution in [0.15, 0.2) is 4.74 Å². The van der Waals surface area contributed by atoms with Gasteiger partial charge < -0.3 is 19.3 Å². The van der Waals surface area contributed by atoms with Gasteiger partial charge in [-0.15, -0.1) is 0 Å². The molecular formula is C18H36N5O2PS. The average molecular weight is 418 g/mol. The molecule has 3 fully saturated rings. The second kappa shape index (κ2) is 9.16. The Balaban J connectivity index is 1.99. The number of likely N-dealkylation sites (N-methyl/N-ethyl adjacent to an activating group) is 1.